The van der Waals surface area contributed by atoms with Crippen LogP contribution in [0.2, 0.25) is 0 Å². The summed E-state index contributed by atoms with van der Waals surface area (Å²) < 4.78 is 62.4. The number of rotatable bonds is 6. The third kappa shape index (κ3) is 4.33. The van der Waals surface area contributed by atoms with Crippen molar-refractivity contribution in [2.24, 2.45) is 5.73 Å². The largest absolute Gasteiger partial charge is 0.489 e. The highest BCUT2D eigenvalue weighted by molar-refractivity contribution is 6.06. The fraction of sp³-hybridized carbons (Fsp3) is 0.222. The molecule has 7 nitrogen and oxygen atoms in total. The van der Waals surface area contributed by atoms with Crippen molar-refractivity contribution in [3.63, 3.8) is 0 Å². The summed E-state index contributed by atoms with van der Waals surface area (Å²) in [6, 6.07) is 12.7. The van der Waals surface area contributed by atoms with Crippen LogP contribution >= 0.6 is 0 Å². The fourth-order valence-electron chi connectivity index (χ4n) is 4.55. The van der Waals surface area contributed by atoms with E-state index in [2.05, 4.69) is 15.3 Å². The van der Waals surface area contributed by atoms with E-state index < -0.39 is 47.4 Å². The summed E-state index contributed by atoms with van der Waals surface area (Å²) in [6.45, 7) is 0.471. The number of nitrogens with zero attached hydrogens (tertiary/aromatic N) is 1. The first-order valence-corrected chi connectivity index (χ1v) is 11.6. The highest BCUT2D eigenvalue weighted by atomic mass is 19.4. The van der Waals surface area contributed by atoms with Crippen LogP contribution in [0.4, 0.5) is 17.6 Å². The SMILES string of the molecule is C[C@]1(C(N)=O)COc2c1cc([C@@H](CNC(=O)c1cccc3[nH]ccc13)C(F)(F)F)nc2-c1ccc(F)cc1. The highest BCUT2D eigenvalue weighted by Crippen LogP contribution is 2.46. The van der Waals surface area contributed by atoms with Crippen molar-refractivity contribution in [3.8, 4) is 17.0 Å². The molecule has 0 fully saturated rings. The summed E-state index contributed by atoms with van der Waals surface area (Å²) in [5.41, 5.74) is 5.08. The van der Waals surface area contributed by atoms with Crippen molar-refractivity contribution in [2.45, 2.75) is 24.4 Å². The first kappa shape index (κ1) is 25.2. The van der Waals surface area contributed by atoms with Crippen LogP contribution in [0.3, 0.4) is 0 Å². The minimum absolute atomic E-state index is 0.0140. The van der Waals surface area contributed by atoms with Crippen LogP contribution in [0.1, 0.15) is 34.5 Å². The lowest BCUT2D eigenvalue weighted by Gasteiger charge is -2.24. The average Bonchev–Trinajstić information content (AvgIpc) is 3.49. The Bertz CT molecular complexity index is 1550. The molecule has 0 saturated heterocycles. The first-order chi connectivity index (χ1) is 18.0. The number of nitrogens with one attached hydrogen (secondary N) is 2. The zero-order valence-corrected chi connectivity index (χ0v) is 20.0. The number of H-pyrrole nitrogens is 1. The average molecular weight is 526 g/mol. The van der Waals surface area contributed by atoms with E-state index in [1.54, 1.807) is 24.4 Å². The third-order valence-electron chi connectivity index (χ3n) is 6.81. The number of pyridine rings is 1. The van der Waals surface area contributed by atoms with Crippen LogP contribution < -0.4 is 15.8 Å². The molecular weight excluding hydrogens is 504 g/mol. The van der Waals surface area contributed by atoms with E-state index in [1.165, 1.54) is 25.1 Å². The highest BCUT2D eigenvalue weighted by Gasteiger charge is 2.47. The minimum atomic E-state index is -4.81. The molecule has 5 rings (SSSR count). The monoisotopic (exact) mass is 526 g/mol. The Labute approximate surface area is 214 Å². The van der Waals surface area contributed by atoms with Gasteiger partial charge in [-0.25, -0.2) is 9.37 Å². The van der Waals surface area contributed by atoms with Gasteiger partial charge in [-0.3, -0.25) is 9.59 Å². The predicted molar refractivity (Wildman–Crippen MR) is 131 cm³/mol. The first-order valence-electron chi connectivity index (χ1n) is 11.6. The molecular formula is C27H22F4N4O3. The predicted octanol–water partition coefficient (Wildman–Crippen LogP) is 4.58. The molecule has 2 atom stereocenters. The van der Waals surface area contributed by atoms with Gasteiger partial charge in [0.05, 0.1) is 5.69 Å². The normalized spacial score (nSPS) is 17.6. The van der Waals surface area contributed by atoms with Gasteiger partial charge in [-0.15, -0.1) is 0 Å². The van der Waals surface area contributed by atoms with Crippen LogP contribution in [0.5, 0.6) is 5.75 Å². The van der Waals surface area contributed by atoms with E-state index in [0.717, 1.165) is 18.2 Å². The van der Waals surface area contributed by atoms with Crippen molar-refractivity contribution >= 4 is 22.7 Å². The molecule has 38 heavy (non-hydrogen) atoms. The van der Waals surface area contributed by atoms with Crippen LogP contribution in [-0.4, -0.2) is 41.1 Å². The molecule has 11 heteroatoms. The Hall–Kier alpha value is -4.41. The van der Waals surface area contributed by atoms with Crippen molar-refractivity contribution in [1.82, 2.24) is 15.3 Å². The van der Waals surface area contributed by atoms with E-state index >= 15 is 0 Å². The van der Waals surface area contributed by atoms with E-state index in [-0.39, 0.29) is 29.2 Å². The maximum atomic E-state index is 14.4. The molecule has 3 heterocycles. The lowest BCUT2D eigenvalue weighted by Crippen LogP contribution is -2.40. The quantitative estimate of drug-likeness (QED) is 0.320. The maximum Gasteiger partial charge on any atom is 0.398 e. The summed E-state index contributed by atoms with van der Waals surface area (Å²) in [7, 11) is 0. The number of hydrogen-bond acceptors (Lipinski definition) is 4. The number of alkyl halides is 3. The standard InChI is InChI=1S/C27H22F4N4O3/c1-26(25(32)37)13-38-23-18(26)11-21(35-22(23)14-5-7-15(28)8-6-14)19(27(29,30)31)12-34-24(36)17-3-2-4-20-16(17)9-10-33-20/h2-11,19,33H,12-13H2,1H3,(H2,32,37)(H,34,36)/t19-,26+/m1/s1. The molecule has 1 aliphatic rings. The molecule has 0 saturated carbocycles. The van der Waals surface area contributed by atoms with Gasteiger partial charge in [0.2, 0.25) is 5.91 Å². The molecule has 1 aliphatic heterocycles. The Morgan fingerprint density at radius 2 is 1.92 bits per heavy atom. The van der Waals surface area contributed by atoms with Gasteiger partial charge in [0.25, 0.3) is 5.91 Å². The van der Waals surface area contributed by atoms with E-state index in [0.29, 0.717) is 16.5 Å². The summed E-state index contributed by atoms with van der Waals surface area (Å²) >= 11 is 0. The van der Waals surface area contributed by atoms with Gasteiger partial charge in [0.15, 0.2) is 0 Å². The van der Waals surface area contributed by atoms with Crippen LogP contribution in [-0.2, 0) is 10.2 Å². The number of aromatic amines is 1. The van der Waals surface area contributed by atoms with E-state index in [4.69, 9.17) is 10.5 Å². The fourth-order valence-corrected chi connectivity index (χ4v) is 4.55. The van der Waals surface area contributed by atoms with Crippen molar-refractivity contribution < 1.29 is 31.9 Å². The number of carbonyl (C=O) groups is 2. The van der Waals surface area contributed by atoms with Crippen molar-refractivity contribution in [3.05, 3.63) is 83.4 Å². The second-order valence-corrected chi connectivity index (χ2v) is 9.31. The number of carbonyl (C=O) groups excluding carboxylic acids is 2. The van der Waals surface area contributed by atoms with Crippen LogP contribution in [0.25, 0.3) is 22.2 Å². The smallest absolute Gasteiger partial charge is 0.398 e. The molecule has 0 bridgehead atoms. The van der Waals surface area contributed by atoms with Crippen molar-refractivity contribution in [2.75, 3.05) is 13.2 Å². The Balaban J connectivity index is 1.57. The number of benzene rings is 2. The van der Waals surface area contributed by atoms with Gasteiger partial charge in [-0.2, -0.15) is 13.2 Å². The summed E-state index contributed by atoms with van der Waals surface area (Å²) in [5, 5.41) is 2.95. The second kappa shape index (κ2) is 9.16. The van der Waals surface area contributed by atoms with Gasteiger partial charge in [0.1, 0.15) is 35.2 Å². The summed E-state index contributed by atoms with van der Waals surface area (Å²) in [5.74, 6) is -4.13. The Kier molecular flexibility index (Phi) is 6.09. The molecule has 2 aromatic carbocycles. The number of aromatic nitrogens is 2. The van der Waals surface area contributed by atoms with Gasteiger partial charge in [0, 0.05) is 40.3 Å². The maximum absolute atomic E-state index is 14.4. The lowest BCUT2D eigenvalue weighted by molar-refractivity contribution is -0.149. The lowest BCUT2D eigenvalue weighted by atomic mass is 9.82. The Morgan fingerprint density at radius 3 is 2.61 bits per heavy atom. The molecule has 0 radical (unpaired) electrons. The zero-order valence-electron chi connectivity index (χ0n) is 20.0. The molecule has 0 unspecified atom stereocenters. The van der Waals surface area contributed by atoms with Crippen molar-refractivity contribution in [1.29, 1.82) is 0 Å². The topological polar surface area (TPSA) is 110 Å². The third-order valence-corrected chi connectivity index (χ3v) is 6.81. The molecule has 2 aromatic heterocycles. The summed E-state index contributed by atoms with van der Waals surface area (Å²) in [4.78, 5) is 32.4. The van der Waals surface area contributed by atoms with Crippen LogP contribution in [0, 0.1) is 5.82 Å². The molecule has 0 aliphatic carbocycles. The molecule has 0 spiro atoms. The zero-order chi connectivity index (χ0) is 27.2. The minimum Gasteiger partial charge on any atom is -0.489 e. The number of hydrogen-bond donors (Lipinski definition) is 3. The molecule has 196 valence electrons. The number of nitrogens with two attached hydrogens (primary N) is 1. The molecule has 4 N–H and O–H groups in total. The number of amides is 2. The molecule has 4 aromatic rings. The second-order valence-electron chi connectivity index (χ2n) is 9.31. The van der Waals surface area contributed by atoms with Crippen LogP contribution in [0.15, 0.2) is 60.8 Å². The number of primary amides is 1. The number of halogens is 4. The summed E-state index contributed by atoms with van der Waals surface area (Å²) in [6.07, 6.45) is -3.18. The molecule has 2 amide bonds. The number of ether oxygens (including phenoxy) is 1. The Morgan fingerprint density at radius 1 is 1.18 bits per heavy atom. The van der Waals surface area contributed by atoms with E-state index in [1.807, 2.05) is 0 Å². The van der Waals surface area contributed by atoms with E-state index in [9.17, 15) is 27.2 Å². The van der Waals surface area contributed by atoms with Gasteiger partial charge < -0.3 is 20.8 Å². The van der Waals surface area contributed by atoms with Gasteiger partial charge in [-0.1, -0.05) is 6.07 Å². The van der Waals surface area contributed by atoms with Gasteiger partial charge in [-0.05, 0) is 55.5 Å². The number of fused-ring (bicyclic) bond motifs is 2. The van der Waals surface area contributed by atoms with Gasteiger partial charge >= 0.3 is 6.18 Å².